The molecule has 0 fully saturated rings. The van der Waals surface area contributed by atoms with Crippen molar-refractivity contribution in [1.29, 1.82) is 0 Å². The maximum absolute atomic E-state index is 13.6. The smallest absolute Gasteiger partial charge is 0.407 e. The molecule has 4 aromatic rings. The van der Waals surface area contributed by atoms with Gasteiger partial charge in [-0.15, -0.1) is 0 Å². The second-order valence-electron chi connectivity index (χ2n) is 11.3. The van der Waals surface area contributed by atoms with Gasteiger partial charge in [0.25, 0.3) is 0 Å². The Hall–Kier alpha value is -5.32. The second kappa shape index (κ2) is 16.7. The topological polar surface area (TPSA) is 111 Å². The molecule has 10 nitrogen and oxygen atoms in total. The molecule has 10 heteroatoms. The van der Waals surface area contributed by atoms with Crippen LogP contribution < -0.4 is 19.5 Å². The number of rotatable bonds is 16. The first-order valence-electron chi connectivity index (χ1n) is 16.0. The molecule has 0 saturated heterocycles. The molecule has 0 unspecified atom stereocenters. The van der Waals surface area contributed by atoms with Gasteiger partial charge in [0, 0.05) is 34.0 Å². The molecule has 4 aromatic carbocycles. The summed E-state index contributed by atoms with van der Waals surface area (Å²) in [6, 6.07) is 25.3. The highest BCUT2D eigenvalue weighted by Crippen LogP contribution is 2.49. The zero-order chi connectivity index (χ0) is 34.6. The zero-order valence-corrected chi connectivity index (χ0v) is 28.0. The van der Waals surface area contributed by atoms with E-state index < -0.39 is 17.7 Å². The third kappa shape index (κ3) is 8.22. The Bertz CT molecular complexity index is 1750. The zero-order valence-electron chi connectivity index (χ0n) is 28.0. The third-order valence-corrected chi connectivity index (χ3v) is 7.81. The van der Waals surface area contributed by atoms with Gasteiger partial charge in [-0.05, 0) is 37.3 Å². The standard InChI is InChI=1S/C39H41NO9/c1-27(2)26-46-20-19-40-38(42)48-24-22-45-21-23-47-37(41)33-25-32-30(15-16-34(43-3)36(32)44-4)35-31(33)17-18-39(49-35,28-11-7-5-8-12-28)29-13-9-6-10-14-29/h5-18,25H,1,19-24,26H2,2-4H3,(H,40,42). The maximum atomic E-state index is 13.6. The predicted octanol–water partition coefficient (Wildman–Crippen LogP) is 6.70. The van der Waals surface area contributed by atoms with Crippen molar-refractivity contribution in [2.45, 2.75) is 12.5 Å². The van der Waals surface area contributed by atoms with Crippen LogP contribution in [0.1, 0.15) is 34.0 Å². The lowest BCUT2D eigenvalue weighted by Gasteiger charge is -2.37. The second-order valence-corrected chi connectivity index (χ2v) is 11.3. The van der Waals surface area contributed by atoms with Crippen molar-refractivity contribution < 1.29 is 42.7 Å². The van der Waals surface area contributed by atoms with Crippen LogP contribution in [-0.4, -0.2) is 72.5 Å². The van der Waals surface area contributed by atoms with Gasteiger partial charge in [0.1, 0.15) is 19.0 Å². The van der Waals surface area contributed by atoms with Gasteiger partial charge in [0.15, 0.2) is 17.1 Å². The van der Waals surface area contributed by atoms with Gasteiger partial charge in [-0.25, -0.2) is 9.59 Å². The molecule has 1 N–H and O–H groups in total. The summed E-state index contributed by atoms with van der Waals surface area (Å²) in [5.74, 6) is 0.927. The molecule has 49 heavy (non-hydrogen) atoms. The number of alkyl carbamates (subject to hydrolysis) is 1. The van der Waals surface area contributed by atoms with Gasteiger partial charge in [-0.3, -0.25) is 0 Å². The highest BCUT2D eigenvalue weighted by Gasteiger charge is 2.39. The number of nitrogens with one attached hydrogen (secondary N) is 1. The fourth-order valence-corrected chi connectivity index (χ4v) is 5.56. The fourth-order valence-electron chi connectivity index (χ4n) is 5.56. The first-order chi connectivity index (χ1) is 23.9. The molecule has 1 amide bonds. The number of hydrogen-bond donors (Lipinski definition) is 1. The van der Waals surface area contributed by atoms with Gasteiger partial charge in [0.05, 0.1) is 46.2 Å². The van der Waals surface area contributed by atoms with Crippen molar-refractivity contribution in [1.82, 2.24) is 5.32 Å². The van der Waals surface area contributed by atoms with Gasteiger partial charge in [-0.1, -0.05) is 72.8 Å². The monoisotopic (exact) mass is 667 g/mol. The molecule has 1 heterocycles. The van der Waals surface area contributed by atoms with Crippen molar-refractivity contribution in [3.05, 3.63) is 119 Å². The number of carbonyl (C=O) groups excluding carboxylic acids is 2. The first-order valence-corrected chi connectivity index (χ1v) is 16.0. The van der Waals surface area contributed by atoms with Crippen molar-refractivity contribution in [3.8, 4) is 17.2 Å². The molecule has 0 saturated carbocycles. The third-order valence-electron chi connectivity index (χ3n) is 7.81. The van der Waals surface area contributed by atoms with E-state index in [0.717, 1.165) is 22.1 Å². The molecule has 0 aliphatic carbocycles. The molecule has 0 bridgehead atoms. The first kappa shape index (κ1) is 35.0. The molecule has 0 radical (unpaired) electrons. The average molecular weight is 668 g/mol. The van der Waals surface area contributed by atoms with Crippen molar-refractivity contribution in [2.24, 2.45) is 0 Å². The van der Waals surface area contributed by atoms with Crippen LogP contribution in [0.15, 0.2) is 97.1 Å². The highest BCUT2D eigenvalue weighted by atomic mass is 16.6. The van der Waals surface area contributed by atoms with E-state index in [-0.39, 0.29) is 26.4 Å². The van der Waals surface area contributed by atoms with Crippen LogP contribution >= 0.6 is 0 Å². The Labute approximate surface area is 286 Å². The Morgan fingerprint density at radius 3 is 2.10 bits per heavy atom. The molecule has 0 aromatic heterocycles. The van der Waals surface area contributed by atoms with Crippen LogP contribution in [0.4, 0.5) is 4.79 Å². The molecular formula is C39H41NO9. The van der Waals surface area contributed by atoms with Crippen LogP contribution in [0.5, 0.6) is 17.2 Å². The van der Waals surface area contributed by atoms with Crippen LogP contribution in [0.3, 0.4) is 0 Å². The Morgan fingerprint density at radius 1 is 0.796 bits per heavy atom. The number of ether oxygens (including phenoxy) is 7. The molecule has 1 aliphatic rings. The van der Waals surface area contributed by atoms with E-state index in [1.165, 1.54) is 0 Å². The summed E-state index contributed by atoms with van der Waals surface area (Å²) in [4.78, 5) is 25.5. The van der Waals surface area contributed by atoms with E-state index in [0.29, 0.717) is 53.5 Å². The summed E-state index contributed by atoms with van der Waals surface area (Å²) >= 11 is 0. The highest BCUT2D eigenvalue weighted by molar-refractivity contribution is 6.06. The summed E-state index contributed by atoms with van der Waals surface area (Å²) in [5.41, 5.74) is 2.67. The number of esters is 1. The SMILES string of the molecule is C=C(C)COCCNC(=O)OCCOCCOC(=O)c1cc2c(OC)c(OC)ccc2c2c1C=CC(c1ccccc1)(c1ccccc1)O2. The molecular weight excluding hydrogens is 626 g/mol. The molecule has 256 valence electrons. The van der Waals surface area contributed by atoms with Crippen molar-refractivity contribution >= 4 is 28.9 Å². The Kier molecular flexibility index (Phi) is 11.9. The van der Waals surface area contributed by atoms with Crippen LogP contribution in [0.25, 0.3) is 16.8 Å². The van der Waals surface area contributed by atoms with Gasteiger partial charge < -0.3 is 38.5 Å². The molecule has 1 aliphatic heterocycles. The Balaban J connectivity index is 1.32. The van der Waals surface area contributed by atoms with Crippen LogP contribution in [0, 0.1) is 0 Å². The number of benzene rings is 4. The summed E-state index contributed by atoms with van der Waals surface area (Å²) in [7, 11) is 3.11. The largest absolute Gasteiger partial charge is 0.493 e. The number of carbonyl (C=O) groups is 2. The Morgan fingerprint density at radius 2 is 1.47 bits per heavy atom. The minimum absolute atomic E-state index is 0.0182. The molecule has 0 atom stereocenters. The van der Waals surface area contributed by atoms with E-state index in [1.807, 2.05) is 91.9 Å². The van der Waals surface area contributed by atoms with Gasteiger partial charge in [-0.2, -0.15) is 0 Å². The maximum Gasteiger partial charge on any atom is 0.407 e. The summed E-state index contributed by atoms with van der Waals surface area (Å²) in [6.45, 7) is 7.00. The summed E-state index contributed by atoms with van der Waals surface area (Å²) in [5, 5.41) is 3.97. The number of amides is 1. The van der Waals surface area contributed by atoms with Crippen molar-refractivity contribution in [3.63, 3.8) is 0 Å². The van der Waals surface area contributed by atoms with Crippen LogP contribution in [-0.2, 0) is 24.5 Å². The average Bonchev–Trinajstić information content (AvgIpc) is 3.13. The lowest BCUT2D eigenvalue weighted by molar-refractivity contribution is 0.0233. The molecule has 5 rings (SSSR count). The van der Waals surface area contributed by atoms with Gasteiger partial charge >= 0.3 is 12.1 Å². The minimum atomic E-state index is -0.969. The minimum Gasteiger partial charge on any atom is -0.493 e. The van der Waals surface area contributed by atoms with E-state index >= 15 is 0 Å². The summed E-state index contributed by atoms with van der Waals surface area (Å²) in [6.07, 6.45) is 3.32. The number of hydrogen-bond acceptors (Lipinski definition) is 9. The van der Waals surface area contributed by atoms with Crippen molar-refractivity contribution in [2.75, 3.05) is 60.4 Å². The fraction of sp³-hybridized carbons (Fsp3) is 0.282. The van der Waals surface area contributed by atoms with E-state index in [9.17, 15) is 9.59 Å². The van der Waals surface area contributed by atoms with E-state index in [1.54, 1.807) is 20.3 Å². The lowest BCUT2D eigenvalue weighted by atomic mass is 9.82. The van der Waals surface area contributed by atoms with E-state index in [2.05, 4.69) is 11.9 Å². The van der Waals surface area contributed by atoms with Gasteiger partial charge in [0.2, 0.25) is 0 Å². The molecule has 0 spiro atoms. The normalized spacial score (nSPS) is 12.8. The summed E-state index contributed by atoms with van der Waals surface area (Å²) < 4.78 is 40.0. The quantitative estimate of drug-likeness (QED) is 0.0793. The number of methoxy groups -OCH3 is 2. The number of fused-ring (bicyclic) bond motifs is 3. The predicted molar refractivity (Wildman–Crippen MR) is 186 cm³/mol. The van der Waals surface area contributed by atoms with Crippen LogP contribution in [0.2, 0.25) is 0 Å². The van der Waals surface area contributed by atoms with E-state index in [4.69, 9.17) is 33.2 Å². The lowest BCUT2D eigenvalue weighted by Crippen LogP contribution is -2.34.